The molecule has 0 spiro atoms. The van der Waals surface area contributed by atoms with E-state index < -0.39 is 17.3 Å². The van der Waals surface area contributed by atoms with Crippen LogP contribution in [0.15, 0.2) is 11.1 Å². The molecule has 1 rings (SSSR count). The van der Waals surface area contributed by atoms with Gasteiger partial charge in [0.25, 0.3) is 0 Å². The van der Waals surface area contributed by atoms with E-state index in [0.29, 0.717) is 0 Å². The van der Waals surface area contributed by atoms with Gasteiger partial charge in [-0.15, -0.1) is 0 Å². The number of carbonyl (C=O) groups excluding carboxylic acids is 1. The number of amides is 1. The molecule has 1 heterocycles. The number of alkyl halides is 3. The number of halogens is 3. The minimum absolute atomic E-state index is 0.000239. The fourth-order valence-electron chi connectivity index (χ4n) is 2.04. The molecule has 0 radical (unpaired) electrons. The lowest BCUT2D eigenvalue weighted by molar-refractivity contribution is -0.138. The maximum absolute atomic E-state index is 13.0. The fourth-order valence-corrected chi connectivity index (χ4v) is 2.90. The molecule has 0 aromatic carbocycles. The standard InChI is InChI=1S/C15H18F3N3OS/c1-4-5-9(2)20-13(22)8-23-14-11(7-19)12(15(16,17)18)6-10(3)21-14/h6,9H,4-5,8H2,1-3H3,(H,20,22). The summed E-state index contributed by atoms with van der Waals surface area (Å²) in [5.74, 6) is -0.382. The van der Waals surface area contributed by atoms with E-state index in [-0.39, 0.29) is 28.4 Å². The molecule has 23 heavy (non-hydrogen) atoms. The van der Waals surface area contributed by atoms with Gasteiger partial charge in [-0.05, 0) is 26.3 Å². The van der Waals surface area contributed by atoms with Gasteiger partial charge in [0.05, 0.1) is 16.9 Å². The maximum atomic E-state index is 13.0. The second-order valence-corrected chi connectivity index (χ2v) is 6.11. The first-order chi connectivity index (χ1) is 10.7. The second-order valence-electron chi connectivity index (χ2n) is 5.15. The summed E-state index contributed by atoms with van der Waals surface area (Å²) in [7, 11) is 0. The third-order valence-corrected chi connectivity index (χ3v) is 3.98. The molecule has 126 valence electrons. The zero-order valence-corrected chi connectivity index (χ0v) is 13.9. The Bertz CT molecular complexity index is 611. The quantitative estimate of drug-likeness (QED) is 0.799. The van der Waals surface area contributed by atoms with Crippen molar-refractivity contribution in [1.82, 2.24) is 10.3 Å². The van der Waals surface area contributed by atoms with Crippen LogP contribution in [0, 0.1) is 18.3 Å². The zero-order chi connectivity index (χ0) is 17.6. The van der Waals surface area contributed by atoms with Crippen LogP contribution in [0.5, 0.6) is 0 Å². The predicted molar refractivity (Wildman–Crippen MR) is 81.9 cm³/mol. The third kappa shape index (κ3) is 5.75. The zero-order valence-electron chi connectivity index (χ0n) is 13.1. The Morgan fingerprint density at radius 1 is 1.52 bits per heavy atom. The van der Waals surface area contributed by atoms with Gasteiger partial charge in [-0.1, -0.05) is 25.1 Å². The van der Waals surface area contributed by atoms with Crippen LogP contribution in [-0.4, -0.2) is 22.7 Å². The van der Waals surface area contributed by atoms with E-state index in [1.165, 1.54) is 6.92 Å². The highest BCUT2D eigenvalue weighted by atomic mass is 32.2. The smallest absolute Gasteiger partial charge is 0.353 e. The van der Waals surface area contributed by atoms with Crippen LogP contribution in [-0.2, 0) is 11.0 Å². The Labute approximate surface area is 137 Å². The maximum Gasteiger partial charge on any atom is 0.417 e. The van der Waals surface area contributed by atoms with Crippen molar-refractivity contribution < 1.29 is 18.0 Å². The largest absolute Gasteiger partial charge is 0.417 e. The average Bonchev–Trinajstić information content (AvgIpc) is 2.43. The molecule has 8 heteroatoms. The van der Waals surface area contributed by atoms with Crippen LogP contribution in [0.1, 0.15) is 43.5 Å². The van der Waals surface area contributed by atoms with Crippen molar-refractivity contribution >= 4 is 17.7 Å². The molecule has 0 bridgehead atoms. The first-order valence-corrected chi connectivity index (χ1v) is 8.08. The Morgan fingerprint density at radius 2 is 2.17 bits per heavy atom. The minimum Gasteiger partial charge on any atom is -0.353 e. The summed E-state index contributed by atoms with van der Waals surface area (Å²) in [5, 5.41) is 11.7. The van der Waals surface area contributed by atoms with Gasteiger partial charge >= 0.3 is 6.18 Å². The van der Waals surface area contributed by atoms with Gasteiger partial charge < -0.3 is 5.32 Å². The van der Waals surface area contributed by atoms with Crippen LogP contribution in [0.3, 0.4) is 0 Å². The van der Waals surface area contributed by atoms with Gasteiger partial charge in [0, 0.05) is 11.7 Å². The summed E-state index contributed by atoms with van der Waals surface area (Å²) in [5.41, 5.74) is -1.41. The molecular formula is C15H18F3N3OS. The first-order valence-electron chi connectivity index (χ1n) is 7.10. The lowest BCUT2D eigenvalue weighted by Gasteiger charge is -2.14. The summed E-state index contributed by atoms with van der Waals surface area (Å²) >= 11 is 0.839. The van der Waals surface area contributed by atoms with Gasteiger partial charge in [-0.3, -0.25) is 4.79 Å². The topological polar surface area (TPSA) is 65.8 Å². The number of carbonyl (C=O) groups is 1. The second kappa shape index (κ2) is 8.20. The van der Waals surface area contributed by atoms with Crippen molar-refractivity contribution in [2.45, 2.75) is 50.9 Å². The summed E-state index contributed by atoms with van der Waals surface area (Å²) < 4.78 is 39.0. The van der Waals surface area contributed by atoms with E-state index in [4.69, 9.17) is 5.26 Å². The highest BCUT2D eigenvalue weighted by Gasteiger charge is 2.35. The molecule has 0 saturated heterocycles. The van der Waals surface area contributed by atoms with Crippen molar-refractivity contribution in [3.63, 3.8) is 0 Å². The lowest BCUT2D eigenvalue weighted by Crippen LogP contribution is -2.33. The number of hydrogen-bond acceptors (Lipinski definition) is 4. The van der Waals surface area contributed by atoms with Crippen molar-refractivity contribution in [2.24, 2.45) is 0 Å². The van der Waals surface area contributed by atoms with Crippen molar-refractivity contribution in [3.05, 3.63) is 22.9 Å². The Balaban J connectivity index is 2.91. The number of nitriles is 1. The van der Waals surface area contributed by atoms with E-state index in [2.05, 4.69) is 10.3 Å². The Morgan fingerprint density at radius 3 is 2.70 bits per heavy atom. The molecule has 0 saturated carbocycles. The van der Waals surface area contributed by atoms with Crippen molar-refractivity contribution in [1.29, 1.82) is 5.26 Å². The number of nitrogens with zero attached hydrogens (tertiary/aromatic N) is 2. The van der Waals surface area contributed by atoms with E-state index in [9.17, 15) is 18.0 Å². The molecule has 1 atom stereocenters. The summed E-state index contributed by atoms with van der Waals surface area (Å²) in [6.07, 6.45) is -2.89. The van der Waals surface area contributed by atoms with E-state index in [1.807, 2.05) is 13.8 Å². The number of nitrogens with one attached hydrogen (secondary N) is 1. The molecule has 0 aliphatic heterocycles. The number of hydrogen-bond donors (Lipinski definition) is 1. The summed E-state index contributed by atoms with van der Waals surface area (Å²) in [6, 6.07) is 2.39. The molecule has 1 amide bonds. The van der Waals surface area contributed by atoms with Crippen molar-refractivity contribution in [2.75, 3.05) is 5.75 Å². The Hall–Kier alpha value is -1.75. The molecule has 0 aliphatic carbocycles. The summed E-state index contributed by atoms with van der Waals surface area (Å²) in [6.45, 7) is 5.27. The number of aromatic nitrogens is 1. The predicted octanol–water partition coefficient (Wildman–Crippen LogP) is 3.68. The van der Waals surface area contributed by atoms with Crippen LogP contribution in [0.4, 0.5) is 13.2 Å². The minimum atomic E-state index is -4.63. The van der Waals surface area contributed by atoms with Gasteiger partial charge in [0.1, 0.15) is 11.1 Å². The number of rotatable bonds is 6. The van der Waals surface area contributed by atoms with Crippen molar-refractivity contribution in [3.8, 4) is 6.07 Å². The van der Waals surface area contributed by atoms with Crippen LogP contribution >= 0.6 is 11.8 Å². The van der Waals surface area contributed by atoms with E-state index in [1.54, 1.807) is 6.07 Å². The highest BCUT2D eigenvalue weighted by Crippen LogP contribution is 2.35. The number of thioether (sulfide) groups is 1. The number of aryl methyl sites for hydroxylation is 1. The molecule has 4 nitrogen and oxygen atoms in total. The average molecular weight is 345 g/mol. The van der Waals surface area contributed by atoms with Gasteiger partial charge in [-0.25, -0.2) is 4.98 Å². The molecule has 1 aromatic rings. The molecule has 1 N–H and O–H groups in total. The highest BCUT2D eigenvalue weighted by molar-refractivity contribution is 8.00. The van der Waals surface area contributed by atoms with Gasteiger partial charge in [0.2, 0.25) is 5.91 Å². The monoisotopic (exact) mass is 345 g/mol. The normalized spacial score (nSPS) is 12.6. The van der Waals surface area contributed by atoms with Crippen LogP contribution in [0.25, 0.3) is 0 Å². The molecule has 0 fully saturated rings. The van der Waals surface area contributed by atoms with E-state index in [0.717, 1.165) is 30.7 Å². The molecule has 1 aromatic heterocycles. The lowest BCUT2D eigenvalue weighted by atomic mass is 10.1. The number of pyridine rings is 1. The van der Waals surface area contributed by atoms with Gasteiger partial charge in [0.15, 0.2) is 0 Å². The van der Waals surface area contributed by atoms with Crippen LogP contribution < -0.4 is 5.32 Å². The summed E-state index contributed by atoms with van der Waals surface area (Å²) in [4.78, 5) is 15.8. The van der Waals surface area contributed by atoms with E-state index >= 15 is 0 Å². The first kappa shape index (κ1) is 19.3. The SMILES string of the molecule is CCCC(C)NC(=O)CSc1nc(C)cc(C(F)(F)F)c1C#N. The van der Waals surface area contributed by atoms with Gasteiger partial charge in [-0.2, -0.15) is 18.4 Å². The fraction of sp³-hybridized carbons (Fsp3) is 0.533. The molecule has 1 unspecified atom stereocenters. The Kier molecular flexibility index (Phi) is 6.88. The van der Waals surface area contributed by atoms with Crippen LogP contribution in [0.2, 0.25) is 0 Å². The third-order valence-electron chi connectivity index (χ3n) is 3.00. The molecular weight excluding hydrogens is 327 g/mol. The molecule has 0 aliphatic rings.